The van der Waals surface area contributed by atoms with E-state index in [4.69, 9.17) is 9.47 Å². The van der Waals surface area contributed by atoms with Crippen molar-refractivity contribution in [1.29, 1.82) is 0 Å². The zero-order chi connectivity index (χ0) is 25.2. The molecule has 6 heteroatoms. The summed E-state index contributed by atoms with van der Waals surface area (Å²) in [5.41, 5.74) is 5.95. The van der Waals surface area contributed by atoms with Crippen LogP contribution in [0, 0.1) is 6.92 Å². The molecule has 1 unspecified atom stereocenters. The Morgan fingerprint density at radius 1 is 0.892 bits per heavy atom. The minimum atomic E-state index is -0.253. The summed E-state index contributed by atoms with van der Waals surface area (Å²) in [6, 6.07) is 29.8. The first-order valence-corrected chi connectivity index (χ1v) is 12.4. The van der Waals surface area contributed by atoms with Crippen molar-refractivity contribution in [1.82, 2.24) is 14.7 Å². The molecule has 0 radical (unpaired) electrons. The number of imidazole rings is 1. The molecule has 3 aromatic carbocycles. The number of hydrogen-bond acceptors (Lipinski definition) is 4. The molecular weight excluding hydrogens is 462 g/mol. The average Bonchev–Trinajstić information content (AvgIpc) is 3.59. The van der Waals surface area contributed by atoms with Gasteiger partial charge in [-0.25, -0.2) is 4.98 Å². The highest BCUT2D eigenvalue weighted by Gasteiger charge is 2.26. The highest BCUT2D eigenvalue weighted by molar-refractivity contribution is 5.78. The lowest BCUT2D eigenvalue weighted by Crippen LogP contribution is -2.30. The molecule has 6 nitrogen and oxygen atoms in total. The van der Waals surface area contributed by atoms with Crippen LogP contribution < -0.4 is 14.8 Å². The molecule has 1 atom stereocenters. The van der Waals surface area contributed by atoms with E-state index in [1.807, 2.05) is 110 Å². The van der Waals surface area contributed by atoms with E-state index in [0.29, 0.717) is 11.5 Å². The van der Waals surface area contributed by atoms with E-state index in [2.05, 4.69) is 14.7 Å². The SMILES string of the molecule is Cc1cccn2c(C(CC(=O)NC(c3ccccc3)c3ccccc3)c3ccc4c(c3)OCO4)cnc12. The Bertz CT molecular complexity index is 1510. The van der Waals surface area contributed by atoms with E-state index in [0.717, 1.165) is 33.6 Å². The van der Waals surface area contributed by atoms with E-state index in [1.54, 1.807) is 0 Å². The number of ether oxygens (including phenoxy) is 2. The van der Waals surface area contributed by atoms with Crippen LogP contribution in [0.4, 0.5) is 0 Å². The van der Waals surface area contributed by atoms with Crippen LogP contribution >= 0.6 is 0 Å². The molecule has 0 spiro atoms. The van der Waals surface area contributed by atoms with Crippen molar-refractivity contribution in [3.8, 4) is 11.5 Å². The number of fused-ring (bicyclic) bond motifs is 2. The summed E-state index contributed by atoms with van der Waals surface area (Å²) >= 11 is 0. The van der Waals surface area contributed by atoms with E-state index in [9.17, 15) is 4.79 Å². The van der Waals surface area contributed by atoms with Crippen LogP contribution in [0.3, 0.4) is 0 Å². The number of carbonyl (C=O) groups is 1. The van der Waals surface area contributed by atoms with Crippen molar-refractivity contribution < 1.29 is 14.3 Å². The fourth-order valence-corrected chi connectivity index (χ4v) is 5.01. The number of hydrogen-bond donors (Lipinski definition) is 1. The van der Waals surface area contributed by atoms with Crippen molar-refractivity contribution in [2.24, 2.45) is 0 Å². The lowest BCUT2D eigenvalue weighted by Gasteiger charge is -2.23. The fraction of sp³-hybridized carbons (Fsp3) is 0.161. The molecule has 6 rings (SSSR count). The Hall–Kier alpha value is -4.58. The van der Waals surface area contributed by atoms with Crippen molar-refractivity contribution in [3.63, 3.8) is 0 Å². The van der Waals surface area contributed by atoms with Gasteiger partial charge in [-0.3, -0.25) is 4.79 Å². The van der Waals surface area contributed by atoms with Gasteiger partial charge in [-0.05, 0) is 47.4 Å². The molecule has 37 heavy (non-hydrogen) atoms. The summed E-state index contributed by atoms with van der Waals surface area (Å²) in [5, 5.41) is 3.30. The van der Waals surface area contributed by atoms with Crippen LogP contribution in [0.5, 0.6) is 11.5 Å². The summed E-state index contributed by atoms with van der Waals surface area (Å²) in [6.07, 6.45) is 4.12. The number of rotatable bonds is 7. The first-order valence-electron chi connectivity index (χ1n) is 12.4. The van der Waals surface area contributed by atoms with Gasteiger partial charge in [0.05, 0.1) is 11.7 Å². The molecule has 5 aromatic rings. The fourth-order valence-electron chi connectivity index (χ4n) is 5.01. The van der Waals surface area contributed by atoms with Crippen LogP contribution in [-0.4, -0.2) is 22.1 Å². The third kappa shape index (κ3) is 4.54. The number of amides is 1. The van der Waals surface area contributed by atoms with Crippen LogP contribution in [0.25, 0.3) is 5.65 Å². The Balaban J connectivity index is 1.36. The van der Waals surface area contributed by atoms with Gasteiger partial charge in [-0.1, -0.05) is 72.8 Å². The number of nitrogens with zero attached hydrogens (tertiary/aromatic N) is 2. The van der Waals surface area contributed by atoms with Crippen LogP contribution in [0.1, 0.15) is 46.3 Å². The first kappa shape index (κ1) is 22.9. The van der Waals surface area contributed by atoms with Gasteiger partial charge in [-0.15, -0.1) is 0 Å². The smallest absolute Gasteiger partial charge is 0.231 e. The second kappa shape index (κ2) is 9.82. The molecule has 0 saturated carbocycles. The first-order chi connectivity index (χ1) is 18.2. The topological polar surface area (TPSA) is 64.9 Å². The third-order valence-electron chi connectivity index (χ3n) is 6.88. The van der Waals surface area contributed by atoms with Crippen LogP contribution in [0.2, 0.25) is 0 Å². The minimum Gasteiger partial charge on any atom is -0.454 e. The maximum absolute atomic E-state index is 13.7. The Morgan fingerprint density at radius 2 is 1.59 bits per heavy atom. The van der Waals surface area contributed by atoms with Crippen molar-refractivity contribution in [2.75, 3.05) is 6.79 Å². The lowest BCUT2D eigenvalue weighted by atomic mass is 9.91. The molecule has 2 aromatic heterocycles. The number of carbonyl (C=O) groups excluding carboxylic acids is 1. The van der Waals surface area contributed by atoms with E-state index in [1.165, 1.54) is 0 Å². The van der Waals surface area contributed by atoms with Gasteiger partial charge in [0.2, 0.25) is 12.7 Å². The normalized spacial score (nSPS) is 13.1. The highest BCUT2D eigenvalue weighted by atomic mass is 16.7. The van der Waals surface area contributed by atoms with Gasteiger partial charge in [0.25, 0.3) is 0 Å². The Morgan fingerprint density at radius 3 is 2.32 bits per heavy atom. The van der Waals surface area contributed by atoms with Crippen molar-refractivity contribution >= 4 is 11.6 Å². The van der Waals surface area contributed by atoms with Gasteiger partial charge in [0.1, 0.15) is 5.65 Å². The number of aromatic nitrogens is 2. The zero-order valence-electron chi connectivity index (χ0n) is 20.5. The highest BCUT2D eigenvalue weighted by Crippen LogP contribution is 2.38. The molecule has 0 fully saturated rings. The number of aryl methyl sites for hydroxylation is 1. The zero-order valence-corrected chi connectivity index (χ0v) is 20.5. The second-order valence-electron chi connectivity index (χ2n) is 9.26. The van der Waals surface area contributed by atoms with Gasteiger partial charge in [0.15, 0.2) is 11.5 Å². The number of pyridine rings is 1. The lowest BCUT2D eigenvalue weighted by molar-refractivity contribution is -0.121. The molecule has 3 heterocycles. The predicted octanol–water partition coefficient (Wildman–Crippen LogP) is 5.80. The standard InChI is InChI=1S/C31H27N3O3/c1-21-9-8-16-34-26(19-32-31(21)34)25(24-14-15-27-28(17-24)37-20-36-27)18-29(35)33-30(22-10-4-2-5-11-22)23-12-6-3-7-13-23/h2-17,19,25,30H,18,20H2,1H3,(H,33,35). The Kier molecular flexibility index (Phi) is 6.06. The van der Waals surface area contributed by atoms with E-state index >= 15 is 0 Å². The third-order valence-corrected chi connectivity index (χ3v) is 6.88. The largest absolute Gasteiger partial charge is 0.454 e. The van der Waals surface area contributed by atoms with Crippen LogP contribution in [-0.2, 0) is 4.79 Å². The number of nitrogens with one attached hydrogen (secondary N) is 1. The molecule has 0 saturated heterocycles. The molecule has 1 aliphatic heterocycles. The van der Waals surface area contributed by atoms with Gasteiger partial charge in [-0.2, -0.15) is 0 Å². The van der Waals surface area contributed by atoms with Crippen molar-refractivity contribution in [2.45, 2.75) is 25.3 Å². The average molecular weight is 490 g/mol. The Labute approximate surface area is 215 Å². The van der Waals surface area contributed by atoms with E-state index < -0.39 is 0 Å². The quantitative estimate of drug-likeness (QED) is 0.314. The maximum Gasteiger partial charge on any atom is 0.231 e. The minimum absolute atomic E-state index is 0.0528. The monoisotopic (exact) mass is 489 g/mol. The molecule has 1 N–H and O–H groups in total. The molecular formula is C31H27N3O3. The van der Waals surface area contributed by atoms with Gasteiger partial charge < -0.3 is 19.2 Å². The van der Waals surface area contributed by atoms with Gasteiger partial charge >= 0.3 is 0 Å². The predicted molar refractivity (Wildman–Crippen MR) is 142 cm³/mol. The summed E-state index contributed by atoms with van der Waals surface area (Å²) in [4.78, 5) is 18.4. The molecule has 184 valence electrons. The van der Waals surface area contributed by atoms with Gasteiger partial charge in [0, 0.05) is 24.7 Å². The summed E-state index contributed by atoms with van der Waals surface area (Å²) in [6.45, 7) is 2.24. The molecule has 0 aliphatic carbocycles. The summed E-state index contributed by atoms with van der Waals surface area (Å²) < 4.78 is 13.2. The maximum atomic E-state index is 13.7. The summed E-state index contributed by atoms with van der Waals surface area (Å²) in [7, 11) is 0. The van der Waals surface area contributed by atoms with Crippen LogP contribution in [0.15, 0.2) is 103 Å². The second-order valence-corrected chi connectivity index (χ2v) is 9.26. The molecule has 0 bridgehead atoms. The molecule has 1 aliphatic rings. The van der Waals surface area contributed by atoms with Crippen molar-refractivity contribution in [3.05, 3.63) is 131 Å². The summed E-state index contributed by atoms with van der Waals surface area (Å²) in [5.74, 6) is 1.12. The van der Waals surface area contributed by atoms with E-state index in [-0.39, 0.29) is 31.1 Å². The molecule has 1 amide bonds. The number of benzene rings is 3.